The average Bonchev–Trinajstić information content (AvgIpc) is 2.72. The first-order valence-electron chi connectivity index (χ1n) is 8.73. The van der Waals surface area contributed by atoms with Gasteiger partial charge < -0.3 is 15.7 Å². The van der Waals surface area contributed by atoms with E-state index < -0.39 is 0 Å². The molecule has 0 amide bonds. The second-order valence-corrected chi connectivity index (χ2v) is 6.07. The average molecular weight is 354 g/mol. The largest absolute Gasteiger partial charge is 0.508 e. The van der Waals surface area contributed by atoms with Gasteiger partial charge in [0.1, 0.15) is 5.75 Å². The van der Waals surface area contributed by atoms with Gasteiger partial charge in [-0.25, -0.2) is 0 Å². The van der Waals surface area contributed by atoms with Crippen molar-refractivity contribution in [3.05, 3.63) is 78.4 Å². The van der Waals surface area contributed by atoms with Crippen LogP contribution in [-0.2, 0) is 0 Å². The predicted molar refractivity (Wildman–Crippen MR) is 117 cm³/mol. The smallest absolute Gasteiger partial charge is 0.118 e. The molecule has 4 aromatic rings. The summed E-state index contributed by atoms with van der Waals surface area (Å²) < 4.78 is 0. The van der Waals surface area contributed by atoms with Crippen LogP contribution >= 0.6 is 0 Å². The van der Waals surface area contributed by atoms with E-state index in [2.05, 4.69) is 59.0 Å². The molecular weight excluding hydrogens is 332 g/mol. The zero-order chi connectivity index (χ0) is 19.2. The summed E-state index contributed by atoms with van der Waals surface area (Å²) in [6.07, 6.45) is 5.44. The molecule has 27 heavy (non-hydrogen) atoms. The van der Waals surface area contributed by atoms with E-state index in [9.17, 15) is 5.11 Å². The Kier molecular flexibility index (Phi) is 5.49. The molecule has 3 heteroatoms. The van der Waals surface area contributed by atoms with Gasteiger partial charge >= 0.3 is 0 Å². The summed E-state index contributed by atoms with van der Waals surface area (Å²) in [4.78, 5) is 0. The number of hydrogen-bond donors (Lipinski definition) is 3. The molecule has 0 saturated carbocycles. The molecule has 0 bridgehead atoms. The first kappa shape index (κ1) is 18.2. The molecule has 0 radical (unpaired) electrons. The zero-order valence-corrected chi connectivity index (χ0v) is 15.5. The molecule has 0 aliphatic heterocycles. The van der Waals surface area contributed by atoms with Gasteiger partial charge in [-0.05, 0) is 29.0 Å². The fraction of sp³-hybridized carbons (Fsp3) is 0.0833. The monoisotopic (exact) mass is 354 g/mol. The summed E-state index contributed by atoms with van der Waals surface area (Å²) in [5, 5.41) is 20.2. The topological polar surface area (TPSA) is 44.3 Å². The number of terminal acetylenes is 1. The Balaban J connectivity index is 0.000000159. The molecule has 0 fully saturated rings. The third-order valence-corrected chi connectivity index (χ3v) is 4.45. The molecule has 0 aliphatic carbocycles. The van der Waals surface area contributed by atoms with Crippen molar-refractivity contribution in [3.8, 4) is 18.1 Å². The molecule has 134 valence electrons. The van der Waals surface area contributed by atoms with Gasteiger partial charge in [0.2, 0.25) is 0 Å². The summed E-state index contributed by atoms with van der Waals surface area (Å²) in [5.41, 5.74) is 2.86. The third-order valence-electron chi connectivity index (χ3n) is 4.45. The predicted octanol–water partition coefficient (Wildman–Crippen LogP) is 5.45. The number of hydrogen-bond acceptors (Lipinski definition) is 3. The van der Waals surface area contributed by atoms with Crippen LogP contribution in [0.5, 0.6) is 5.75 Å². The molecule has 0 aliphatic rings. The number of phenolic OH excluding ortho intramolecular Hbond substituents is 1. The van der Waals surface area contributed by atoms with Crippen LogP contribution in [0.25, 0.3) is 21.5 Å². The third kappa shape index (κ3) is 3.80. The number of rotatable bonds is 2. The van der Waals surface area contributed by atoms with Gasteiger partial charge in [-0.3, -0.25) is 0 Å². The van der Waals surface area contributed by atoms with Gasteiger partial charge in [-0.1, -0.05) is 54.5 Å². The molecule has 3 N–H and O–H groups in total. The number of phenols is 1. The fourth-order valence-corrected chi connectivity index (χ4v) is 3.17. The summed E-state index contributed by atoms with van der Waals surface area (Å²) in [6.45, 7) is 0. The molecular formula is C24H22N2O. The van der Waals surface area contributed by atoms with Crippen molar-refractivity contribution in [2.24, 2.45) is 0 Å². The van der Waals surface area contributed by atoms with Gasteiger partial charge in [0, 0.05) is 47.9 Å². The highest BCUT2D eigenvalue weighted by molar-refractivity contribution is 5.99. The molecule has 0 heterocycles. The van der Waals surface area contributed by atoms with Gasteiger partial charge in [-0.15, -0.1) is 6.42 Å². The molecule has 0 aromatic heterocycles. The lowest BCUT2D eigenvalue weighted by Gasteiger charge is -2.08. The van der Waals surface area contributed by atoms with E-state index in [1.165, 1.54) is 16.5 Å². The van der Waals surface area contributed by atoms with Gasteiger partial charge in [-0.2, -0.15) is 0 Å². The van der Waals surface area contributed by atoms with Crippen LogP contribution in [0.2, 0.25) is 0 Å². The highest BCUT2D eigenvalue weighted by Gasteiger charge is 2.05. The Hall–Kier alpha value is -3.64. The Morgan fingerprint density at radius 2 is 1.44 bits per heavy atom. The van der Waals surface area contributed by atoms with E-state index in [1.54, 1.807) is 12.1 Å². The Labute approximate surface area is 159 Å². The van der Waals surface area contributed by atoms with E-state index in [0.29, 0.717) is 0 Å². The van der Waals surface area contributed by atoms with Crippen molar-refractivity contribution in [1.82, 2.24) is 0 Å². The minimum atomic E-state index is 0.237. The van der Waals surface area contributed by atoms with Crippen molar-refractivity contribution < 1.29 is 5.11 Å². The quantitative estimate of drug-likeness (QED) is 0.419. The van der Waals surface area contributed by atoms with E-state index in [4.69, 9.17) is 6.42 Å². The molecule has 0 unspecified atom stereocenters. The summed E-state index contributed by atoms with van der Waals surface area (Å²) in [5.74, 6) is 2.88. The van der Waals surface area contributed by atoms with Crippen molar-refractivity contribution in [2.45, 2.75) is 0 Å². The molecule has 0 spiro atoms. The van der Waals surface area contributed by atoms with Crippen LogP contribution in [0.4, 0.5) is 11.4 Å². The molecule has 3 nitrogen and oxygen atoms in total. The number of anilines is 2. The van der Waals surface area contributed by atoms with E-state index >= 15 is 0 Å². The summed E-state index contributed by atoms with van der Waals surface area (Å²) in [7, 11) is 3.75. The van der Waals surface area contributed by atoms with Gasteiger partial charge in [0.15, 0.2) is 0 Å². The zero-order valence-electron chi connectivity index (χ0n) is 15.5. The van der Waals surface area contributed by atoms with Gasteiger partial charge in [0.25, 0.3) is 0 Å². The minimum Gasteiger partial charge on any atom is -0.508 e. The summed E-state index contributed by atoms with van der Waals surface area (Å²) >= 11 is 0. The second-order valence-electron chi connectivity index (χ2n) is 6.07. The lowest BCUT2D eigenvalue weighted by molar-refractivity contribution is 0.476. The second kappa shape index (κ2) is 8.16. The maximum atomic E-state index is 9.51. The molecule has 0 atom stereocenters. The first-order chi connectivity index (χ1) is 13.2. The molecule has 0 saturated heterocycles. The van der Waals surface area contributed by atoms with Gasteiger partial charge in [0.05, 0.1) is 0 Å². The number of nitrogens with one attached hydrogen (secondary N) is 2. The number of benzene rings is 4. The van der Waals surface area contributed by atoms with E-state index in [-0.39, 0.29) is 5.75 Å². The maximum Gasteiger partial charge on any atom is 0.118 e. The van der Waals surface area contributed by atoms with E-state index in [1.807, 2.05) is 32.3 Å². The molecule has 4 rings (SSSR count). The van der Waals surface area contributed by atoms with Crippen molar-refractivity contribution in [3.63, 3.8) is 0 Å². The molecule has 4 aromatic carbocycles. The number of aromatic hydroxyl groups is 1. The van der Waals surface area contributed by atoms with Crippen LogP contribution in [0.15, 0.2) is 72.8 Å². The van der Waals surface area contributed by atoms with Crippen molar-refractivity contribution in [2.75, 3.05) is 24.7 Å². The SMILES string of the molecule is C#Cc1cccc2cc(O)cc(NC)c12.CNc1cccc2ccccc12. The first-order valence-corrected chi connectivity index (χ1v) is 8.73. The highest BCUT2D eigenvalue weighted by Crippen LogP contribution is 2.30. The van der Waals surface area contributed by atoms with Crippen LogP contribution < -0.4 is 10.6 Å². The Morgan fingerprint density at radius 3 is 2.19 bits per heavy atom. The van der Waals surface area contributed by atoms with Crippen molar-refractivity contribution in [1.29, 1.82) is 0 Å². The van der Waals surface area contributed by atoms with Crippen LogP contribution in [0, 0.1) is 12.3 Å². The number of fused-ring (bicyclic) bond motifs is 2. The summed E-state index contributed by atoms with van der Waals surface area (Å²) in [6, 6.07) is 23.7. The van der Waals surface area contributed by atoms with Crippen LogP contribution in [0.3, 0.4) is 0 Å². The highest BCUT2D eigenvalue weighted by atomic mass is 16.3. The van der Waals surface area contributed by atoms with Crippen LogP contribution in [0.1, 0.15) is 5.56 Å². The lowest BCUT2D eigenvalue weighted by Crippen LogP contribution is -1.91. The van der Waals surface area contributed by atoms with Crippen LogP contribution in [-0.4, -0.2) is 19.2 Å². The Bertz CT molecular complexity index is 1120. The fourth-order valence-electron chi connectivity index (χ4n) is 3.17. The minimum absolute atomic E-state index is 0.237. The van der Waals surface area contributed by atoms with Crippen molar-refractivity contribution >= 4 is 32.9 Å². The standard InChI is InChI=1S/C13H11NO.C11H11N/c1-3-9-5-4-6-10-7-11(15)8-12(14-2)13(9)10;1-12-11-8-4-6-9-5-2-3-7-10(9)11/h1,4-8,14-15H,2H3;2-8,12H,1H3. The normalized spacial score (nSPS) is 9.96. The Morgan fingerprint density at radius 1 is 0.778 bits per heavy atom. The maximum absolute atomic E-state index is 9.51. The van der Waals surface area contributed by atoms with E-state index in [0.717, 1.165) is 22.0 Å². The lowest BCUT2D eigenvalue weighted by atomic mass is 10.0.